The molecule has 0 amide bonds. The van der Waals surface area contributed by atoms with E-state index < -0.39 is 0 Å². The fourth-order valence-electron chi connectivity index (χ4n) is 2.27. The zero-order chi connectivity index (χ0) is 16.8. The molecule has 0 unspecified atom stereocenters. The molecule has 0 aliphatic carbocycles. The summed E-state index contributed by atoms with van der Waals surface area (Å²) >= 11 is 1.60. The van der Waals surface area contributed by atoms with Crippen LogP contribution in [-0.2, 0) is 6.54 Å². The molecule has 1 aromatic carbocycles. The third kappa shape index (κ3) is 4.32. The SMILES string of the molecule is CSc1cc(CN=C(N)Nc2ccc3c(c2)OCCCO3)ccn1. The lowest BCUT2D eigenvalue weighted by atomic mass is 10.2. The molecule has 2 heterocycles. The van der Waals surface area contributed by atoms with Crippen LogP contribution in [0.15, 0.2) is 46.5 Å². The van der Waals surface area contributed by atoms with E-state index in [2.05, 4.69) is 15.3 Å². The molecular weight excluding hydrogens is 324 g/mol. The molecule has 0 radical (unpaired) electrons. The first-order chi connectivity index (χ1) is 11.7. The van der Waals surface area contributed by atoms with Gasteiger partial charge in [-0.25, -0.2) is 9.98 Å². The van der Waals surface area contributed by atoms with Crippen LogP contribution in [0.3, 0.4) is 0 Å². The third-order valence-electron chi connectivity index (χ3n) is 3.46. The van der Waals surface area contributed by atoms with Crippen molar-refractivity contribution in [1.29, 1.82) is 0 Å². The number of guanidine groups is 1. The largest absolute Gasteiger partial charge is 0.490 e. The van der Waals surface area contributed by atoms with Gasteiger partial charge in [0.1, 0.15) is 0 Å². The first-order valence-electron chi connectivity index (χ1n) is 7.70. The Morgan fingerprint density at radius 3 is 2.92 bits per heavy atom. The summed E-state index contributed by atoms with van der Waals surface area (Å²) < 4.78 is 11.3. The zero-order valence-corrected chi connectivity index (χ0v) is 14.3. The van der Waals surface area contributed by atoms with Crippen LogP contribution in [0.25, 0.3) is 0 Å². The van der Waals surface area contributed by atoms with E-state index in [0.29, 0.717) is 25.7 Å². The van der Waals surface area contributed by atoms with E-state index in [0.717, 1.165) is 34.2 Å². The minimum absolute atomic E-state index is 0.354. The summed E-state index contributed by atoms with van der Waals surface area (Å²) in [6, 6.07) is 9.60. The van der Waals surface area contributed by atoms with Crippen molar-refractivity contribution in [3.8, 4) is 11.5 Å². The van der Waals surface area contributed by atoms with Crippen LogP contribution in [0.5, 0.6) is 11.5 Å². The zero-order valence-electron chi connectivity index (χ0n) is 13.5. The quantitative estimate of drug-likeness (QED) is 0.504. The van der Waals surface area contributed by atoms with Crippen molar-refractivity contribution in [2.24, 2.45) is 10.7 Å². The van der Waals surface area contributed by atoms with Gasteiger partial charge in [0.05, 0.1) is 24.8 Å². The predicted molar refractivity (Wildman–Crippen MR) is 97.0 cm³/mol. The van der Waals surface area contributed by atoms with Gasteiger partial charge in [-0.2, -0.15) is 0 Å². The van der Waals surface area contributed by atoms with Gasteiger partial charge in [0.15, 0.2) is 17.5 Å². The minimum Gasteiger partial charge on any atom is -0.490 e. The number of nitrogens with two attached hydrogens (primary N) is 1. The molecule has 126 valence electrons. The third-order valence-corrected chi connectivity index (χ3v) is 4.10. The number of benzene rings is 1. The highest BCUT2D eigenvalue weighted by Gasteiger charge is 2.10. The van der Waals surface area contributed by atoms with Crippen molar-refractivity contribution in [3.05, 3.63) is 42.1 Å². The molecule has 0 saturated carbocycles. The second kappa shape index (κ2) is 7.92. The molecule has 1 aliphatic heterocycles. The van der Waals surface area contributed by atoms with E-state index in [4.69, 9.17) is 15.2 Å². The first-order valence-corrected chi connectivity index (χ1v) is 8.92. The fraction of sp³-hybridized carbons (Fsp3) is 0.294. The van der Waals surface area contributed by atoms with Crippen molar-refractivity contribution in [3.63, 3.8) is 0 Å². The van der Waals surface area contributed by atoms with Gasteiger partial charge in [0.2, 0.25) is 0 Å². The van der Waals surface area contributed by atoms with Gasteiger partial charge >= 0.3 is 0 Å². The molecule has 6 nitrogen and oxygen atoms in total. The van der Waals surface area contributed by atoms with Gasteiger partial charge in [-0.1, -0.05) is 0 Å². The smallest absolute Gasteiger partial charge is 0.193 e. The molecule has 0 saturated heterocycles. The van der Waals surface area contributed by atoms with Crippen LogP contribution in [0, 0.1) is 0 Å². The van der Waals surface area contributed by atoms with E-state index in [1.54, 1.807) is 18.0 Å². The number of pyridine rings is 1. The molecular formula is C17H20N4O2S. The summed E-state index contributed by atoms with van der Waals surface area (Å²) in [5, 5.41) is 4.05. The highest BCUT2D eigenvalue weighted by molar-refractivity contribution is 7.98. The minimum atomic E-state index is 0.354. The van der Waals surface area contributed by atoms with Crippen LogP contribution in [0.4, 0.5) is 5.69 Å². The highest BCUT2D eigenvalue weighted by atomic mass is 32.2. The summed E-state index contributed by atoms with van der Waals surface area (Å²) in [5.74, 6) is 1.84. The van der Waals surface area contributed by atoms with Crippen LogP contribution in [0.2, 0.25) is 0 Å². The average molecular weight is 344 g/mol. The molecule has 0 atom stereocenters. The molecule has 1 aromatic heterocycles. The Hall–Kier alpha value is -2.41. The maximum atomic E-state index is 5.98. The maximum absolute atomic E-state index is 5.98. The molecule has 24 heavy (non-hydrogen) atoms. The normalized spacial score (nSPS) is 14.1. The molecule has 2 aromatic rings. The summed E-state index contributed by atoms with van der Waals surface area (Å²) in [5.41, 5.74) is 7.86. The number of hydrogen-bond donors (Lipinski definition) is 2. The molecule has 3 N–H and O–H groups in total. The maximum Gasteiger partial charge on any atom is 0.193 e. The van der Waals surface area contributed by atoms with Crippen LogP contribution in [0.1, 0.15) is 12.0 Å². The Balaban J connectivity index is 1.65. The van der Waals surface area contributed by atoms with Gasteiger partial charge in [-0.05, 0) is 36.1 Å². The summed E-state index contributed by atoms with van der Waals surface area (Å²) in [6.07, 6.45) is 4.66. The van der Waals surface area contributed by atoms with Gasteiger partial charge in [-0.15, -0.1) is 11.8 Å². The molecule has 3 rings (SSSR count). The lowest BCUT2D eigenvalue weighted by Gasteiger charge is -2.10. The van der Waals surface area contributed by atoms with Gasteiger partial charge in [0, 0.05) is 24.4 Å². The van der Waals surface area contributed by atoms with Gasteiger partial charge in [-0.3, -0.25) is 0 Å². The Morgan fingerprint density at radius 2 is 2.08 bits per heavy atom. The van der Waals surface area contributed by atoms with Gasteiger partial charge in [0.25, 0.3) is 0 Å². The first kappa shape index (κ1) is 16.4. The molecule has 1 aliphatic rings. The lowest BCUT2D eigenvalue weighted by molar-refractivity contribution is 0.297. The van der Waals surface area contributed by atoms with Crippen molar-refractivity contribution in [2.75, 3.05) is 24.8 Å². The van der Waals surface area contributed by atoms with Crippen LogP contribution in [-0.4, -0.2) is 30.4 Å². The predicted octanol–water partition coefficient (Wildman–Crippen LogP) is 2.89. The number of aromatic nitrogens is 1. The number of aliphatic imine (C=N–C) groups is 1. The summed E-state index contributed by atoms with van der Waals surface area (Å²) in [4.78, 5) is 8.61. The van der Waals surface area contributed by atoms with E-state index >= 15 is 0 Å². The average Bonchev–Trinajstić information content (AvgIpc) is 2.85. The number of nitrogens with one attached hydrogen (secondary N) is 1. The molecule has 0 fully saturated rings. The molecule has 7 heteroatoms. The standard InChI is InChI=1S/C17H20N4O2S/c1-24-16-9-12(5-6-19-16)11-20-17(18)21-13-3-4-14-15(10-13)23-8-2-7-22-14/h3-6,9-10H,2,7-8,11H2,1H3,(H3,18,20,21). The van der Waals surface area contributed by atoms with Crippen molar-refractivity contribution in [2.45, 2.75) is 18.0 Å². The summed E-state index contributed by atoms with van der Waals surface area (Å²) in [6.45, 7) is 1.83. The second-order valence-corrected chi connectivity index (χ2v) is 6.07. The Labute approximate surface area is 145 Å². The number of thioether (sulfide) groups is 1. The van der Waals surface area contributed by atoms with E-state index in [9.17, 15) is 0 Å². The van der Waals surface area contributed by atoms with Crippen LogP contribution >= 0.6 is 11.8 Å². The number of fused-ring (bicyclic) bond motifs is 1. The van der Waals surface area contributed by atoms with Gasteiger partial charge < -0.3 is 20.5 Å². The monoisotopic (exact) mass is 344 g/mol. The second-order valence-electron chi connectivity index (χ2n) is 5.24. The van der Waals surface area contributed by atoms with Crippen LogP contribution < -0.4 is 20.5 Å². The Morgan fingerprint density at radius 1 is 1.25 bits per heavy atom. The Bertz CT molecular complexity index is 736. The van der Waals surface area contributed by atoms with E-state index in [1.807, 2.05) is 36.6 Å². The summed E-state index contributed by atoms with van der Waals surface area (Å²) in [7, 11) is 0. The molecule has 0 spiro atoms. The number of rotatable bonds is 4. The van der Waals surface area contributed by atoms with Crippen molar-refractivity contribution in [1.82, 2.24) is 4.98 Å². The van der Waals surface area contributed by atoms with E-state index in [1.165, 1.54) is 0 Å². The number of ether oxygens (including phenoxy) is 2. The van der Waals surface area contributed by atoms with E-state index in [-0.39, 0.29) is 0 Å². The number of hydrogen-bond acceptors (Lipinski definition) is 5. The van der Waals surface area contributed by atoms with Crippen molar-refractivity contribution < 1.29 is 9.47 Å². The Kier molecular flexibility index (Phi) is 5.43. The topological polar surface area (TPSA) is 81.8 Å². The number of anilines is 1. The highest BCUT2D eigenvalue weighted by Crippen LogP contribution is 2.32. The number of nitrogens with zero attached hydrogens (tertiary/aromatic N) is 2. The lowest BCUT2D eigenvalue weighted by Crippen LogP contribution is -2.22. The molecule has 0 bridgehead atoms. The van der Waals surface area contributed by atoms with Crippen molar-refractivity contribution >= 4 is 23.4 Å². The fourth-order valence-corrected chi connectivity index (χ4v) is 2.70.